The van der Waals surface area contributed by atoms with E-state index in [1.165, 1.54) is 10.5 Å². The van der Waals surface area contributed by atoms with Gasteiger partial charge in [-0.1, -0.05) is 43.7 Å². The molecule has 1 aliphatic rings. The highest BCUT2D eigenvalue weighted by atomic mass is 32.2. The first-order valence-corrected chi connectivity index (χ1v) is 9.06. The lowest BCUT2D eigenvalue weighted by Gasteiger charge is -2.13. The third-order valence-corrected chi connectivity index (χ3v) is 4.90. The average Bonchev–Trinajstić information content (AvgIpc) is 2.89. The smallest absolute Gasteiger partial charge is 0.298 e. The van der Waals surface area contributed by atoms with E-state index in [1.54, 1.807) is 30.3 Å². The molecule has 5 heteroatoms. The number of para-hydroxylation sites is 1. The number of carbonyl (C=O) groups excluding carboxylic acids is 2. The Balaban J connectivity index is 1.83. The molecule has 1 aliphatic heterocycles. The van der Waals surface area contributed by atoms with Gasteiger partial charge >= 0.3 is 0 Å². The zero-order chi connectivity index (χ0) is 17.8. The summed E-state index contributed by atoms with van der Waals surface area (Å²) in [5, 5.41) is 9.52. The number of unbranched alkanes of at least 4 members (excludes halogenated alkanes) is 1. The highest BCUT2D eigenvalue weighted by Gasteiger charge is 2.36. The van der Waals surface area contributed by atoms with Crippen LogP contribution in [0.1, 0.15) is 30.9 Å². The van der Waals surface area contributed by atoms with Gasteiger partial charge in [0.05, 0.1) is 10.6 Å². The highest BCUT2D eigenvalue weighted by molar-refractivity contribution is 8.19. The maximum atomic E-state index is 12.6. The molecule has 0 saturated carbocycles. The standard InChI is InChI=1S/C20H19NO3S/c1-2-3-6-14-9-11-16(12-10-14)21-19(23)18(25-20(21)24)13-15-7-4-5-8-17(15)22/h4-5,7-13,22H,2-3,6H2,1H3/b18-13-. The lowest BCUT2D eigenvalue weighted by molar-refractivity contribution is -0.113. The molecule has 0 radical (unpaired) electrons. The first kappa shape index (κ1) is 17.3. The summed E-state index contributed by atoms with van der Waals surface area (Å²) >= 11 is 0.886. The number of carbonyl (C=O) groups is 2. The fourth-order valence-corrected chi connectivity index (χ4v) is 3.47. The van der Waals surface area contributed by atoms with Gasteiger partial charge in [-0.3, -0.25) is 9.59 Å². The zero-order valence-electron chi connectivity index (χ0n) is 13.9. The summed E-state index contributed by atoms with van der Waals surface area (Å²) in [6, 6.07) is 14.3. The van der Waals surface area contributed by atoms with Crippen LogP contribution in [0.25, 0.3) is 6.08 Å². The van der Waals surface area contributed by atoms with Crippen LogP contribution in [0.4, 0.5) is 10.5 Å². The third kappa shape index (κ3) is 3.77. The largest absolute Gasteiger partial charge is 0.507 e. The summed E-state index contributed by atoms with van der Waals surface area (Å²) in [4.78, 5) is 26.4. The number of thioether (sulfide) groups is 1. The van der Waals surface area contributed by atoms with Crippen LogP contribution in [-0.4, -0.2) is 16.3 Å². The van der Waals surface area contributed by atoms with E-state index in [1.807, 2.05) is 24.3 Å². The number of amides is 2. The summed E-state index contributed by atoms with van der Waals surface area (Å²) in [7, 11) is 0. The summed E-state index contributed by atoms with van der Waals surface area (Å²) < 4.78 is 0. The van der Waals surface area contributed by atoms with Crippen molar-refractivity contribution >= 4 is 34.7 Å². The second-order valence-corrected chi connectivity index (χ2v) is 6.84. The van der Waals surface area contributed by atoms with Crippen molar-refractivity contribution < 1.29 is 14.7 Å². The van der Waals surface area contributed by atoms with Gasteiger partial charge in [0, 0.05) is 5.56 Å². The fraction of sp³-hybridized carbons (Fsp3) is 0.200. The number of nitrogens with zero attached hydrogens (tertiary/aromatic N) is 1. The summed E-state index contributed by atoms with van der Waals surface area (Å²) in [5.74, 6) is -0.283. The van der Waals surface area contributed by atoms with Crippen LogP contribution in [0, 0.1) is 0 Å². The minimum Gasteiger partial charge on any atom is -0.507 e. The molecular formula is C20H19NO3S. The van der Waals surface area contributed by atoms with Crippen molar-refractivity contribution in [3.63, 3.8) is 0 Å². The maximum Gasteiger partial charge on any atom is 0.298 e. The molecule has 2 aromatic rings. The monoisotopic (exact) mass is 353 g/mol. The summed E-state index contributed by atoms with van der Waals surface area (Å²) in [5.41, 5.74) is 2.29. The molecule has 4 nitrogen and oxygen atoms in total. The number of aryl methyl sites for hydroxylation is 1. The maximum absolute atomic E-state index is 12.6. The van der Waals surface area contributed by atoms with Gasteiger partial charge in [0.15, 0.2) is 0 Å². The van der Waals surface area contributed by atoms with Crippen molar-refractivity contribution in [3.8, 4) is 5.75 Å². The zero-order valence-corrected chi connectivity index (χ0v) is 14.8. The number of anilines is 1. The predicted molar refractivity (Wildman–Crippen MR) is 102 cm³/mol. The molecule has 0 aliphatic carbocycles. The van der Waals surface area contributed by atoms with Crippen LogP contribution in [0.3, 0.4) is 0 Å². The van der Waals surface area contributed by atoms with Crippen molar-refractivity contribution in [1.29, 1.82) is 0 Å². The molecule has 25 heavy (non-hydrogen) atoms. The van der Waals surface area contributed by atoms with E-state index in [-0.39, 0.29) is 16.9 Å². The number of imide groups is 1. The number of hydrogen-bond acceptors (Lipinski definition) is 4. The highest BCUT2D eigenvalue weighted by Crippen LogP contribution is 2.36. The fourth-order valence-electron chi connectivity index (χ4n) is 2.63. The van der Waals surface area contributed by atoms with Gasteiger partial charge in [0.1, 0.15) is 5.75 Å². The van der Waals surface area contributed by atoms with Gasteiger partial charge in [0.2, 0.25) is 0 Å². The lowest BCUT2D eigenvalue weighted by atomic mass is 10.1. The van der Waals surface area contributed by atoms with Crippen LogP contribution in [0.2, 0.25) is 0 Å². The molecule has 0 atom stereocenters. The number of aromatic hydroxyl groups is 1. The van der Waals surface area contributed by atoms with Crippen molar-refractivity contribution in [1.82, 2.24) is 0 Å². The van der Waals surface area contributed by atoms with Crippen LogP contribution in [0.15, 0.2) is 53.4 Å². The van der Waals surface area contributed by atoms with Gasteiger partial charge in [0.25, 0.3) is 11.1 Å². The molecule has 1 fully saturated rings. The summed E-state index contributed by atoms with van der Waals surface area (Å²) in [6.45, 7) is 2.14. The predicted octanol–water partition coefficient (Wildman–Crippen LogP) is 4.98. The second-order valence-electron chi connectivity index (χ2n) is 5.85. The van der Waals surface area contributed by atoms with E-state index in [9.17, 15) is 14.7 Å². The number of phenolic OH excluding ortho intramolecular Hbond substituents is 1. The Bertz CT molecular complexity index is 827. The Morgan fingerprint density at radius 2 is 1.80 bits per heavy atom. The van der Waals surface area contributed by atoms with E-state index in [2.05, 4.69) is 6.92 Å². The molecule has 2 amide bonds. The summed E-state index contributed by atoms with van der Waals surface area (Å²) in [6.07, 6.45) is 4.79. The van der Waals surface area contributed by atoms with E-state index in [0.717, 1.165) is 31.0 Å². The van der Waals surface area contributed by atoms with Crippen LogP contribution >= 0.6 is 11.8 Å². The minimum absolute atomic E-state index is 0.0783. The minimum atomic E-state index is -0.362. The molecular weight excluding hydrogens is 334 g/mol. The van der Waals surface area contributed by atoms with Crippen molar-refractivity contribution in [3.05, 3.63) is 64.6 Å². The average molecular weight is 353 g/mol. The van der Waals surface area contributed by atoms with Gasteiger partial charge in [-0.05, 0) is 54.4 Å². The first-order valence-electron chi connectivity index (χ1n) is 8.25. The van der Waals surface area contributed by atoms with Gasteiger partial charge in [-0.2, -0.15) is 0 Å². The van der Waals surface area contributed by atoms with Gasteiger partial charge in [-0.25, -0.2) is 4.90 Å². The quantitative estimate of drug-likeness (QED) is 0.771. The molecule has 128 valence electrons. The third-order valence-electron chi connectivity index (χ3n) is 4.03. The molecule has 0 unspecified atom stereocenters. The van der Waals surface area contributed by atoms with E-state index < -0.39 is 0 Å². The molecule has 0 spiro atoms. The Hall–Kier alpha value is -2.53. The van der Waals surface area contributed by atoms with Crippen LogP contribution in [-0.2, 0) is 11.2 Å². The Morgan fingerprint density at radius 1 is 1.08 bits per heavy atom. The molecule has 1 saturated heterocycles. The first-order chi connectivity index (χ1) is 12.1. The number of rotatable bonds is 5. The molecule has 1 heterocycles. The van der Waals surface area contributed by atoms with Gasteiger partial charge < -0.3 is 5.11 Å². The molecule has 0 aromatic heterocycles. The topological polar surface area (TPSA) is 57.6 Å². The molecule has 1 N–H and O–H groups in total. The lowest BCUT2D eigenvalue weighted by Crippen LogP contribution is -2.27. The van der Waals surface area contributed by atoms with Crippen LogP contribution < -0.4 is 4.90 Å². The number of phenols is 1. The molecule has 0 bridgehead atoms. The number of benzene rings is 2. The van der Waals surface area contributed by atoms with Gasteiger partial charge in [-0.15, -0.1) is 0 Å². The van der Waals surface area contributed by atoms with Crippen molar-refractivity contribution in [2.75, 3.05) is 4.90 Å². The Morgan fingerprint density at radius 3 is 2.48 bits per heavy atom. The molecule has 2 aromatic carbocycles. The SMILES string of the molecule is CCCCc1ccc(N2C(=O)S/C(=C\c3ccccc3O)C2=O)cc1. The van der Waals surface area contributed by atoms with E-state index in [0.29, 0.717) is 16.2 Å². The van der Waals surface area contributed by atoms with Crippen molar-refractivity contribution in [2.45, 2.75) is 26.2 Å². The molecule has 3 rings (SSSR count). The number of hydrogen-bond donors (Lipinski definition) is 1. The van der Waals surface area contributed by atoms with E-state index in [4.69, 9.17) is 0 Å². The van der Waals surface area contributed by atoms with Crippen LogP contribution in [0.5, 0.6) is 5.75 Å². The normalized spacial score (nSPS) is 16.0. The van der Waals surface area contributed by atoms with E-state index >= 15 is 0 Å². The van der Waals surface area contributed by atoms with Crippen molar-refractivity contribution in [2.24, 2.45) is 0 Å². The Labute approximate surface area is 151 Å². The Kier molecular flexibility index (Phi) is 5.24. The second kappa shape index (κ2) is 7.57.